The molecule has 0 atom stereocenters. The summed E-state index contributed by atoms with van der Waals surface area (Å²) in [6.45, 7) is -0.227. The summed E-state index contributed by atoms with van der Waals surface area (Å²) in [5.74, 6) is 0.795. The molecule has 0 aromatic heterocycles. The van der Waals surface area contributed by atoms with Crippen molar-refractivity contribution in [3.63, 3.8) is 0 Å². The summed E-state index contributed by atoms with van der Waals surface area (Å²) in [6, 6.07) is 17.0. The van der Waals surface area contributed by atoms with Gasteiger partial charge in [-0.25, -0.2) is 0 Å². The van der Waals surface area contributed by atoms with Crippen molar-refractivity contribution in [1.82, 2.24) is 0 Å². The number of hydrogen-bond acceptors (Lipinski definition) is 7. The number of amides is 2. The molecule has 190 valence electrons. The minimum absolute atomic E-state index is 0.227. The highest BCUT2D eigenvalue weighted by atomic mass is 35.5. The molecule has 3 aromatic carbocycles. The van der Waals surface area contributed by atoms with Gasteiger partial charge in [-0.2, -0.15) is 0 Å². The van der Waals surface area contributed by atoms with Crippen molar-refractivity contribution in [3.05, 3.63) is 81.2 Å². The maximum atomic E-state index is 13.1. The Hall–Kier alpha value is -3.24. The summed E-state index contributed by atoms with van der Waals surface area (Å²) in [7, 11) is 3.04. The lowest BCUT2D eigenvalue weighted by molar-refractivity contribution is -0.118. The van der Waals surface area contributed by atoms with Crippen LogP contribution in [0.1, 0.15) is 5.56 Å². The second kappa shape index (κ2) is 11.9. The molecule has 0 saturated carbocycles. The highest BCUT2D eigenvalue weighted by Crippen LogP contribution is 2.38. The van der Waals surface area contributed by atoms with Crippen LogP contribution in [0.5, 0.6) is 17.2 Å². The van der Waals surface area contributed by atoms with Crippen LogP contribution in [-0.4, -0.2) is 37.0 Å². The number of anilines is 2. The molecule has 1 aliphatic heterocycles. The quantitative estimate of drug-likeness (QED) is 0.245. The molecule has 0 unspecified atom stereocenters. The molecule has 2 amide bonds. The molecule has 1 N–H and O–H groups in total. The number of methoxy groups -OCH3 is 2. The Labute approximate surface area is 233 Å². The van der Waals surface area contributed by atoms with Gasteiger partial charge in [-0.15, -0.1) is 0 Å². The second-order valence-corrected chi connectivity index (χ2v) is 10.1. The van der Waals surface area contributed by atoms with E-state index >= 15 is 0 Å². The number of ether oxygens (including phenoxy) is 3. The summed E-state index contributed by atoms with van der Waals surface area (Å²) in [6.07, 6.45) is 1.71. The molecular weight excluding hydrogens is 555 g/mol. The molecule has 1 saturated heterocycles. The zero-order valence-electron chi connectivity index (χ0n) is 19.6. The molecule has 0 radical (unpaired) electrons. The maximum absolute atomic E-state index is 13.1. The van der Waals surface area contributed by atoms with Crippen molar-refractivity contribution in [1.29, 1.82) is 0 Å². The number of thioether (sulfide) groups is 1. The van der Waals surface area contributed by atoms with Crippen LogP contribution in [0.15, 0.2) is 65.6 Å². The van der Waals surface area contributed by atoms with E-state index in [1.54, 1.807) is 73.8 Å². The zero-order valence-corrected chi connectivity index (χ0v) is 22.8. The fourth-order valence-corrected chi connectivity index (χ4v) is 4.99. The van der Waals surface area contributed by atoms with Gasteiger partial charge in [0.1, 0.15) is 5.75 Å². The van der Waals surface area contributed by atoms with E-state index in [0.29, 0.717) is 53.5 Å². The van der Waals surface area contributed by atoms with Gasteiger partial charge in [0, 0.05) is 11.8 Å². The van der Waals surface area contributed by atoms with E-state index in [2.05, 4.69) is 5.32 Å². The highest BCUT2D eigenvalue weighted by molar-refractivity contribution is 8.27. The third-order valence-electron chi connectivity index (χ3n) is 5.15. The lowest BCUT2D eigenvalue weighted by Crippen LogP contribution is -2.27. The number of benzene rings is 3. The number of thiocarbonyl (C=S) groups is 1. The van der Waals surface area contributed by atoms with Crippen molar-refractivity contribution in [3.8, 4) is 17.2 Å². The first-order valence-corrected chi connectivity index (χ1v) is 12.7. The van der Waals surface area contributed by atoms with Crippen molar-refractivity contribution in [2.45, 2.75) is 0 Å². The Kier molecular flexibility index (Phi) is 8.60. The molecule has 4 rings (SSSR count). The predicted octanol–water partition coefficient (Wildman–Crippen LogP) is 6.43. The van der Waals surface area contributed by atoms with Crippen molar-refractivity contribution in [2.24, 2.45) is 0 Å². The average Bonchev–Trinajstić information content (AvgIpc) is 3.17. The Balaban J connectivity index is 1.45. The van der Waals surface area contributed by atoms with Gasteiger partial charge in [-0.05, 0) is 54.1 Å². The van der Waals surface area contributed by atoms with Gasteiger partial charge in [-0.3, -0.25) is 14.5 Å². The van der Waals surface area contributed by atoms with E-state index in [1.165, 1.54) is 23.8 Å². The largest absolute Gasteiger partial charge is 0.497 e. The molecule has 7 nitrogen and oxygen atoms in total. The molecule has 0 spiro atoms. The molecule has 3 aromatic rings. The van der Waals surface area contributed by atoms with E-state index in [1.807, 2.05) is 0 Å². The predicted molar refractivity (Wildman–Crippen MR) is 152 cm³/mol. The number of carbonyl (C=O) groups excluding carboxylic acids is 2. The first-order chi connectivity index (χ1) is 17.8. The zero-order chi connectivity index (χ0) is 26.5. The van der Waals surface area contributed by atoms with E-state index in [4.69, 9.17) is 49.6 Å². The number of hydrogen-bond donors (Lipinski definition) is 1. The van der Waals surface area contributed by atoms with Crippen molar-refractivity contribution >= 4 is 80.8 Å². The summed E-state index contributed by atoms with van der Waals surface area (Å²) in [5.41, 5.74) is 1.82. The molecule has 0 aliphatic carbocycles. The van der Waals surface area contributed by atoms with Gasteiger partial charge < -0.3 is 19.5 Å². The SMILES string of the molecule is COc1cccc(NC(=O)COc2ccc(/C=C3\SC(=S)N(c4ccc(Cl)c(Cl)c4)C3=O)cc2OC)c1. The maximum Gasteiger partial charge on any atom is 0.270 e. The van der Waals surface area contributed by atoms with Gasteiger partial charge in [0.25, 0.3) is 11.8 Å². The van der Waals surface area contributed by atoms with Gasteiger partial charge in [-0.1, -0.05) is 59.3 Å². The number of carbonyl (C=O) groups is 2. The lowest BCUT2D eigenvalue weighted by atomic mass is 10.2. The van der Waals surface area contributed by atoms with E-state index in [0.717, 1.165) is 0 Å². The van der Waals surface area contributed by atoms with Gasteiger partial charge in [0.2, 0.25) is 0 Å². The Bertz CT molecular complexity index is 1410. The van der Waals surface area contributed by atoms with Crippen molar-refractivity contribution < 1.29 is 23.8 Å². The summed E-state index contributed by atoms with van der Waals surface area (Å²) in [5, 5.41) is 3.47. The summed E-state index contributed by atoms with van der Waals surface area (Å²) < 4.78 is 16.6. The van der Waals surface area contributed by atoms with Crippen LogP contribution >= 0.6 is 47.2 Å². The van der Waals surface area contributed by atoms with Gasteiger partial charge in [0.05, 0.1) is 34.9 Å². The standard InChI is InChI=1S/C26H20Cl2N2O5S2/c1-33-18-5-3-4-16(12-18)29-24(31)14-35-21-9-6-15(10-22(21)34-2)11-23-25(32)30(26(36)37-23)17-7-8-19(27)20(28)13-17/h3-13H,14H2,1-2H3,(H,29,31)/b23-11-. The van der Waals surface area contributed by atoms with Gasteiger partial charge >= 0.3 is 0 Å². The summed E-state index contributed by atoms with van der Waals surface area (Å²) >= 11 is 18.7. The van der Waals surface area contributed by atoms with Crippen molar-refractivity contribution in [2.75, 3.05) is 31.0 Å². The molecule has 11 heteroatoms. The van der Waals surface area contributed by atoms with Gasteiger partial charge in [0.15, 0.2) is 22.4 Å². The molecule has 1 fully saturated rings. The fraction of sp³-hybridized carbons (Fsp3) is 0.115. The first kappa shape index (κ1) is 26.8. The number of halogens is 2. The molecular formula is C26H20Cl2N2O5S2. The third-order valence-corrected chi connectivity index (χ3v) is 7.19. The van der Waals surface area contributed by atoms with Crippen LogP contribution in [0.3, 0.4) is 0 Å². The molecule has 1 heterocycles. The Morgan fingerprint density at radius 1 is 1.03 bits per heavy atom. The van der Waals surface area contributed by atoms with E-state index in [-0.39, 0.29) is 18.4 Å². The van der Waals surface area contributed by atoms with Crippen LogP contribution in [0, 0.1) is 0 Å². The fourth-order valence-electron chi connectivity index (χ4n) is 3.40. The summed E-state index contributed by atoms with van der Waals surface area (Å²) in [4.78, 5) is 27.2. The number of nitrogens with zero attached hydrogens (tertiary/aromatic N) is 1. The van der Waals surface area contributed by atoms with Crippen LogP contribution < -0.4 is 24.4 Å². The normalized spacial score (nSPS) is 14.2. The van der Waals surface area contributed by atoms with Crippen LogP contribution in [0.25, 0.3) is 6.08 Å². The van der Waals surface area contributed by atoms with Crippen LogP contribution in [0.4, 0.5) is 11.4 Å². The van der Waals surface area contributed by atoms with E-state index in [9.17, 15) is 9.59 Å². The highest BCUT2D eigenvalue weighted by Gasteiger charge is 2.33. The number of nitrogens with one attached hydrogen (secondary N) is 1. The lowest BCUT2D eigenvalue weighted by Gasteiger charge is -2.15. The Morgan fingerprint density at radius 2 is 1.84 bits per heavy atom. The Morgan fingerprint density at radius 3 is 2.57 bits per heavy atom. The van der Waals surface area contributed by atoms with Crippen LogP contribution in [-0.2, 0) is 9.59 Å². The average molecular weight is 575 g/mol. The number of rotatable bonds is 8. The topological polar surface area (TPSA) is 77.1 Å². The first-order valence-electron chi connectivity index (χ1n) is 10.8. The minimum atomic E-state index is -0.342. The monoisotopic (exact) mass is 574 g/mol. The second-order valence-electron chi connectivity index (χ2n) is 7.59. The smallest absolute Gasteiger partial charge is 0.270 e. The molecule has 0 bridgehead atoms. The third kappa shape index (κ3) is 6.37. The molecule has 1 aliphatic rings. The van der Waals surface area contributed by atoms with Crippen LogP contribution in [0.2, 0.25) is 10.0 Å². The molecule has 37 heavy (non-hydrogen) atoms. The van der Waals surface area contributed by atoms with E-state index < -0.39 is 0 Å². The minimum Gasteiger partial charge on any atom is -0.497 e.